The molecule has 0 spiro atoms. The van der Waals surface area contributed by atoms with Gasteiger partial charge in [0.25, 0.3) is 0 Å². The molecule has 2 N–H and O–H groups in total. The number of hydrogen-bond acceptors (Lipinski definition) is 4. The first-order valence-corrected chi connectivity index (χ1v) is 5.17. The predicted molar refractivity (Wildman–Crippen MR) is 54.2 cm³/mol. The first-order valence-electron chi connectivity index (χ1n) is 5.17. The number of ether oxygens (including phenoxy) is 1. The second kappa shape index (κ2) is 5.23. The molecule has 0 saturated carbocycles. The Morgan fingerprint density at radius 3 is 2.72 bits per heavy atom. The van der Waals surface area contributed by atoms with E-state index in [0.717, 1.165) is 0 Å². The SMILES string of the molecule is CCOC(=O)C(N)=NN1C(=O)CC[C@H]1C(F)(F)F. The molecular weight excluding hydrogens is 255 g/mol. The summed E-state index contributed by atoms with van der Waals surface area (Å²) >= 11 is 0. The second-order valence-electron chi connectivity index (χ2n) is 3.54. The normalized spacial score (nSPS) is 21.3. The third-order valence-electron chi connectivity index (χ3n) is 2.26. The van der Waals surface area contributed by atoms with E-state index in [1.165, 1.54) is 6.92 Å². The summed E-state index contributed by atoms with van der Waals surface area (Å²) in [6.45, 7) is 1.51. The number of amidine groups is 1. The topological polar surface area (TPSA) is 85.0 Å². The van der Waals surface area contributed by atoms with Gasteiger partial charge in [0.2, 0.25) is 11.7 Å². The molecule has 0 aromatic rings. The van der Waals surface area contributed by atoms with E-state index in [9.17, 15) is 22.8 Å². The van der Waals surface area contributed by atoms with Gasteiger partial charge in [-0.25, -0.2) is 9.80 Å². The van der Waals surface area contributed by atoms with Crippen molar-refractivity contribution in [1.82, 2.24) is 5.01 Å². The zero-order valence-corrected chi connectivity index (χ0v) is 9.53. The number of hydrogen-bond donors (Lipinski definition) is 1. The van der Waals surface area contributed by atoms with Gasteiger partial charge >= 0.3 is 12.1 Å². The van der Waals surface area contributed by atoms with E-state index in [2.05, 4.69) is 9.84 Å². The van der Waals surface area contributed by atoms with E-state index in [1.54, 1.807) is 0 Å². The Kier molecular flexibility index (Phi) is 4.15. The number of halogens is 3. The number of carbonyl (C=O) groups is 2. The van der Waals surface area contributed by atoms with Gasteiger partial charge in [-0.3, -0.25) is 4.79 Å². The van der Waals surface area contributed by atoms with E-state index in [-0.39, 0.29) is 18.0 Å². The molecule has 1 aliphatic rings. The highest BCUT2D eigenvalue weighted by atomic mass is 19.4. The summed E-state index contributed by atoms with van der Waals surface area (Å²) < 4.78 is 42.1. The standard InChI is InChI=1S/C9H12F3N3O3/c1-2-18-8(17)7(13)14-15-5(9(10,11)12)3-4-6(15)16/h5H,2-4H2,1H3,(H2,13,14)/t5-/m0/s1. The minimum Gasteiger partial charge on any atom is -0.460 e. The van der Waals surface area contributed by atoms with Crippen LogP contribution in [-0.4, -0.2) is 41.5 Å². The molecule has 1 fully saturated rings. The van der Waals surface area contributed by atoms with Crippen LogP contribution in [0.3, 0.4) is 0 Å². The molecule has 0 aromatic heterocycles. The van der Waals surface area contributed by atoms with Crippen LogP contribution in [0.1, 0.15) is 19.8 Å². The van der Waals surface area contributed by atoms with E-state index in [1.807, 2.05) is 0 Å². The molecular formula is C9H12F3N3O3. The molecule has 18 heavy (non-hydrogen) atoms. The molecule has 1 amide bonds. The smallest absolute Gasteiger partial charge is 0.410 e. The van der Waals surface area contributed by atoms with Crippen LogP contribution in [0.4, 0.5) is 13.2 Å². The first kappa shape index (κ1) is 14.3. The lowest BCUT2D eigenvalue weighted by molar-refractivity contribution is -0.180. The van der Waals surface area contributed by atoms with Crippen molar-refractivity contribution in [3.05, 3.63) is 0 Å². The summed E-state index contributed by atoms with van der Waals surface area (Å²) in [5.41, 5.74) is 5.17. The average molecular weight is 267 g/mol. The maximum absolute atomic E-state index is 12.6. The van der Waals surface area contributed by atoms with Gasteiger partial charge in [0, 0.05) is 6.42 Å². The molecule has 0 unspecified atom stereocenters. The molecule has 1 rings (SSSR count). The van der Waals surface area contributed by atoms with Gasteiger partial charge in [-0.15, -0.1) is 5.10 Å². The Bertz CT molecular complexity index is 381. The van der Waals surface area contributed by atoms with Crippen molar-refractivity contribution in [2.24, 2.45) is 10.8 Å². The molecule has 1 saturated heterocycles. The highest BCUT2D eigenvalue weighted by molar-refractivity contribution is 6.34. The van der Waals surface area contributed by atoms with E-state index >= 15 is 0 Å². The molecule has 9 heteroatoms. The van der Waals surface area contributed by atoms with Crippen molar-refractivity contribution < 1.29 is 27.5 Å². The Morgan fingerprint density at radius 2 is 2.22 bits per heavy atom. The molecule has 6 nitrogen and oxygen atoms in total. The van der Waals surface area contributed by atoms with E-state index < -0.39 is 36.4 Å². The van der Waals surface area contributed by atoms with Gasteiger partial charge in [0.15, 0.2) is 6.04 Å². The average Bonchev–Trinajstić information content (AvgIpc) is 2.60. The van der Waals surface area contributed by atoms with Crippen molar-refractivity contribution in [3.8, 4) is 0 Å². The lowest BCUT2D eigenvalue weighted by Crippen LogP contribution is -2.42. The van der Waals surface area contributed by atoms with E-state index in [0.29, 0.717) is 0 Å². The summed E-state index contributed by atoms with van der Waals surface area (Å²) in [5.74, 6) is -2.66. The largest absolute Gasteiger partial charge is 0.460 e. The Hall–Kier alpha value is -1.80. The van der Waals surface area contributed by atoms with Crippen molar-refractivity contribution in [2.75, 3.05) is 6.61 Å². The van der Waals surface area contributed by atoms with Crippen molar-refractivity contribution in [1.29, 1.82) is 0 Å². The van der Waals surface area contributed by atoms with Crippen LogP contribution in [0.2, 0.25) is 0 Å². The van der Waals surface area contributed by atoms with Crippen LogP contribution in [0.25, 0.3) is 0 Å². The van der Waals surface area contributed by atoms with Crippen molar-refractivity contribution in [2.45, 2.75) is 32.0 Å². The summed E-state index contributed by atoms with van der Waals surface area (Å²) in [6, 6.07) is -2.04. The van der Waals surface area contributed by atoms with Crippen LogP contribution >= 0.6 is 0 Å². The monoisotopic (exact) mass is 267 g/mol. The number of nitrogens with zero attached hydrogens (tertiary/aromatic N) is 2. The summed E-state index contributed by atoms with van der Waals surface area (Å²) in [4.78, 5) is 22.4. The fraction of sp³-hybridized carbons (Fsp3) is 0.667. The van der Waals surface area contributed by atoms with E-state index in [4.69, 9.17) is 5.73 Å². The number of amides is 1. The number of esters is 1. The lowest BCUT2D eigenvalue weighted by atomic mass is 10.2. The third kappa shape index (κ3) is 3.11. The molecule has 0 bridgehead atoms. The number of rotatable bonds is 2. The number of alkyl halides is 3. The minimum atomic E-state index is -4.61. The zero-order valence-electron chi connectivity index (χ0n) is 9.53. The maximum Gasteiger partial charge on any atom is 0.410 e. The minimum absolute atomic E-state index is 0.00565. The Morgan fingerprint density at radius 1 is 1.61 bits per heavy atom. The van der Waals surface area contributed by atoms with Crippen LogP contribution in [0, 0.1) is 0 Å². The first-order chi connectivity index (χ1) is 8.27. The third-order valence-corrected chi connectivity index (χ3v) is 2.26. The molecule has 1 aliphatic heterocycles. The van der Waals surface area contributed by atoms with Crippen LogP contribution < -0.4 is 5.73 Å². The van der Waals surface area contributed by atoms with Crippen molar-refractivity contribution >= 4 is 17.7 Å². The van der Waals surface area contributed by atoms with Gasteiger partial charge in [-0.2, -0.15) is 13.2 Å². The Balaban J connectivity index is 2.89. The van der Waals surface area contributed by atoms with Crippen LogP contribution in [-0.2, 0) is 14.3 Å². The molecule has 1 atom stereocenters. The molecule has 102 valence electrons. The Labute approximate surface area is 101 Å². The number of nitrogens with two attached hydrogens (primary N) is 1. The summed E-state index contributed by atoms with van der Waals surface area (Å²) in [6.07, 6.45) is -5.30. The number of hydrazone groups is 1. The second-order valence-corrected chi connectivity index (χ2v) is 3.54. The maximum atomic E-state index is 12.6. The van der Waals surface area contributed by atoms with Gasteiger partial charge in [0.1, 0.15) is 0 Å². The fourth-order valence-corrected chi connectivity index (χ4v) is 1.46. The van der Waals surface area contributed by atoms with Crippen LogP contribution in [0.15, 0.2) is 5.10 Å². The fourth-order valence-electron chi connectivity index (χ4n) is 1.46. The molecule has 1 heterocycles. The number of carbonyl (C=O) groups excluding carboxylic acids is 2. The van der Waals surface area contributed by atoms with Crippen molar-refractivity contribution in [3.63, 3.8) is 0 Å². The molecule has 0 aromatic carbocycles. The lowest BCUT2D eigenvalue weighted by Gasteiger charge is -2.22. The summed E-state index contributed by atoms with van der Waals surface area (Å²) in [7, 11) is 0. The highest BCUT2D eigenvalue weighted by Crippen LogP contribution is 2.33. The van der Waals surface area contributed by atoms with Gasteiger partial charge in [0.05, 0.1) is 6.61 Å². The van der Waals surface area contributed by atoms with Crippen LogP contribution in [0.5, 0.6) is 0 Å². The predicted octanol–water partition coefficient (Wildman–Crippen LogP) is 0.375. The molecule has 0 radical (unpaired) electrons. The molecule has 0 aliphatic carbocycles. The zero-order chi connectivity index (χ0) is 13.9. The van der Waals surface area contributed by atoms with Gasteiger partial charge < -0.3 is 10.5 Å². The quantitative estimate of drug-likeness (QED) is 0.445. The van der Waals surface area contributed by atoms with Gasteiger partial charge in [-0.1, -0.05) is 0 Å². The highest BCUT2D eigenvalue weighted by Gasteiger charge is 2.49. The van der Waals surface area contributed by atoms with Gasteiger partial charge in [-0.05, 0) is 13.3 Å². The summed E-state index contributed by atoms with van der Waals surface area (Å²) in [5, 5.41) is 3.41.